The molecule has 0 aliphatic rings. The number of carbonyl (C=O) groups is 1. The largest absolute Gasteiger partial charge is 0.313 e. The number of nitrogens with zero attached hydrogens (tertiary/aromatic N) is 3. The van der Waals surface area contributed by atoms with Crippen LogP contribution in [0.5, 0.6) is 0 Å². The van der Waals surface area contributed by atoms with Gasteiger partial charge in [-0.25, -0.2) is 22.5 Å². The minimum absolute atomic E-state index is 0.0330. The second kappa shape index (κ2) is 9.01. The van der Waals surface area contributed by atoms with E-state index in [1.807, 2.05) is 10.8 Å². The minimum Gasteiger partial charge on any atom is -0.313 e. The van der Waals surface area contributed by atoms with Crippen LogP contribution in [-0.2, 0) is 16.6 Å². The summed E-state index contributed by atoms with van der Waals surface area (Å²) in [4.78, 5) is 18.9. The molecule has 0 bridgehead atoms. The zero-order valence-corrected chi connectivity index (χ0v) is 18.8. The number of sulfonamides is 1. The van der Waals surface area contributed by atoms with Gasteiger partial charge in [0.25, 0.3) is 5.91 Å². The number of amides is 1. The normalized spacial score (nSPS) is 11.1. The molecule has 0 fully saturated rings. The van der Waals surface area contributed by atoms with E-state index in [0.29, 0.717) is 31.8 Å². The summed E-state index contributed by atoms with van der Waals surface area (Å²) in [5.41, 5.74) is 1.54. The van der Waals surface area contributed by atoms with Crippen molar-refractivity contribution in [1.29, 1.82) is 5.26 Å². The molecular weight excluding hydrogens is 463 g/mol. The van der Waals surface area contributed by atoms with Gasteiger partial charge in [-0.15, -0.1) is 11.3 Å². The van der Waals surface area contributed by atoms with Gasteiger partial charge in [-0.2, -0.15) is 5.26 Å². The zero-order valence-electron chi connectivity index (χ0n) is 16.4. The van der Waals surface area contributed by atoms with Crippen LogP contribution in [0, 0.1) is 24.1 Å². The topological polar surface area (TPSA) is 103 Å². The van der Waals surface area contributed by atoms with Gasteiger partial charge in [0.05, 0.1) is 24.4 Å². The van der Waals surface area contributed by atoms with Crippen molar-refractivity contribution >= 4 is 49.7 Å². The van der Waals surface area contributed by atoms with E-state index in [0.717, 1.165) is 6.26 Å². The predicted octanol–water partition coefficient (Wildman–Crippen LogP) is 4.14. The first kappa shape index (κ1) is 22.7. The zero-order chi connectivity index (χ0) is 22.8. The molecular formula is C20H16ClFN4O3S2. The Labute approximate surface area is 187 Å². The molecule has 0 unspecified atom stereocenters. The maximum atomic E-state index is 13.8. The van der Waals surface area contributed by atoms with Crippen molar-refractivity contribution in [3.63, 3.8) is 0 Å². The Bertz CT molecular complexity index is 1280. The van der Waals surface area contributed by atoms with E-state index in [1.165, 1.54) is 29.5 Å². The van der Waals surface area contributed by atoms with Crippen molar-refractivity contribution < 1.29 is 17.6 Å². The van der Waals surface area contributed by atoms with Crippen LogP contribution in [0.15, 0.2) is 42.5 Å². The van der Waals surface area contributed by atoms with Crippen LogP contribution in [-0.4, -0.2) is 25.6 Å². The molecule has 0 saturated heterocycles. The van der Waals surface area contributed by atoms with Crippen LogP contribution < -0.4 is 9.62 Å². The number of aryl methyl sites for hydroxylation is 1. The van der Waals surface area contributed by atoms with Crippen molar-refractivity contribution in [1.82, 2.24) is 9.71 Å². The minimum atomic E-state index is -3.76. The molecule has 0 aliphatic carbocycles. The molecule has 160 valence electrons. The van der Waals surface area contributed by atoms with Crippen molar-refractivity contribution in [3.05, 3.63) is 75.0 Å². The molecule has 7 nitrogen and oxygen atoms in total. The molecule has 0 radical (unpaired) electrons. The van der Waals surface area contributed by atoms with Gasteiger partial charge in [-0.1, -0.05) is 11.6 Å². The average molecular weight is 479 g/mol. The number of hydrogen-bond donors (Lipinski definition) is 1. The number of rotatable bonds is 6. The molecule has 1 amide bonds. The fourth-order valence-corrected chi connectivity index (χ4v) is 4.28. The number of hydrogen-bond acceptors (Lipinski definition) is 7. The van der Waals surface area contributed by atoms with Crippen LogP contribution in [0.1, 0.15) is 26.5 Å². The van der Waals surface area contributed by atoms with Crippen LogP contribution in [0.25, 0.3) is 0 Å². The van der Waals surface area contributed by atoms with Gasteiger partial charge < -0.3 is 4.90 Å². The van der Waals surface area contributed by atoms with E-state index in [-0.39, 0.29) is 12.2 Å². The van der Waals surface area contributed by atoms with Gasteiger partial charge in [-0.3, -0.25) is 4.79 Å². The number of aromatic nitrogens is 1. The maximum Gasteiger partial charge on any atom is 0.284 e. The third-order valence-corrected chi connectivity index (χ3v) is 6.07. The maximum absolute atomic E-state index is 13.8. The Balaban J connectivity index is 2.06. The number of nitrogens with one attached hydrogen (secondary N) is 1. The third kappa shape index (κ3) is 5.58. The molecule has 11 heteroatoms. The molecule has 3 rings (SSSR count). The highest BCUT2D eigenvalue weighted by Crippen LogP contribution is 2.34. The van der Waals surface area contributed by atoms with Crippen LogP contribution in [0.2, 0.25) is 5.02 Å². The summed E-state index contributed by atoms with van der Waals surface area (Å²) in [6, 6.07) is 12.7. The van der Waals surface area contributed by atoms with Crippen LogP contribution >= 0.6 is 22.9 Å². The Morgan fingerprint density at radius 3 is 2.58 bits per heavy atom. The number of halogens is 2. The first-order valence-electron chi connectivity index (χ1n) is 8.78. The molecule has 2 aromatic carbocycles. The highest BCUT2D eigenvalue weighted by molar-refractivity contribution is 7.89. The molecule has 31 heavy (non-hydrogen) atoms. The molecule has 0 atom stereocenters. The van der Waals surface area contributed by atoms with E-state index in [2.05, 4.69) is 4.98 Å². The van der Waals surface area contributed by atoms with E-state index < -0.39 is 21.7 Å². The summed E-state index contributed by atoms with van der Waals surface area (Å²) in [5, 5.41) is 9.78. The standard InChI is InChI=1S/C20H16ClFN4O3S2/c1-12-18(19(27)25-31(2,28)29)24-20(30-12)26(16-6-3-13(10-23)4-7-16)11-14-9-15(22)5-8-17(14)21/h3-9H,11H2,1-2H3,(H,25,27). The predicted molar refractivity (Wildman–Crippen MR) is 118 cm³/mol. The lowest BCUT2D eigenvalue weighted by atomic mass is 10.1. The van der Waals surface area contributed by atoms with Crippen molar-refractivity contribution in [2.24, 2.45) is 0 Å². The van der Waals surface area contributed by atoms with E-state index >= 15 is 0 Å². The second-order valence-electron chi connectivity index (χ2n) is 6.59. The lowest BCUT2D eigenvalue weighted by Crippen LogP contribution is -2.30. The first-order valence-corrected chi connectivity index (χ1v) is 11.9. The SMILES string of the molecule is Cc1sc(N(Cc2cc(F)ccc2Cl)c2ccc(C#N)cc2)nc1C(=O)NS(C)(=O)=O. The van der Waals surface area contributed by atoms with Gasteiger partial charge in [0, 0.05) is 15.6 Å². The summed E-state index contributed by atoms with van der Waals surface area (Å²) in [6.45, 7) is 1.77. The van der Waals surface area contributed by atoms with Crippen molar-refractivity contribution in [2.75, 3.05) is 11.2 Å². The molecule has 1 heterocycles. The highest BCUT2D eigenvalue weighted by Gasteiger charge is 2.23. The molecule has 1 aromatic heterocycles. The summed E-state index contributed by atoms with van der Waals surface area (Å²) < 4.78 is 38.5. The van der Waals surface area contributed by atoms with E-state index in [4.69, 9.17) is 16.9 Å². The number of benzene rings is 2. The number of carbonyl (C=O) groups excluding carboxylic acids is 1. The first-order chi connectivity index (χ1) is 14.6. The van der Waals surface area contributed by atoms with Gasteiger partial charge in [-0.05, 0) is 55.0 Å². The summed E-state index contributed by atoms with van der Waals surface area (Å²) in [7, 11) is -3.76. The fourth-order valence-electron chi connectivity index (χ4n) is 2.75. The van der Waals surface area contributed by atoms with E-state index in [9.17, 15) is 17.6 Å². The molecule has 0 spiro atoms. The number of anilines is 2. The Morgan fingerprint density at radius 1 is 1.29 bits per heavy atom. The van der Waals surface area contributed by atoms with Gasteiger partial charge in [0.15, 0.2) is 5.13 Å². The molecule has 0 saturated carbocycles. The molecule has 0 aliphatic heterocycles. The quantitative estimate of drug-likeness (QED) is 0.571. The molecule has 1 N–H and O–H groups in total. The monoisotopic (exact) mass is 478 g/mol. The van der Waals surface area contributed by atoms with Gasteiger partial charge >= 0.3 is 0 Å². The summed E-state index contributed by atoms with van der Waals surface area (Å²) >= 11 is 7.41. The number of thiazole rings is 1. The summed E-state index contributed by atoms with van der Waals surface area (Å²) in [5.74, 6) is -1.30. The van der Waals surface area contributed by atoms with Gasteiger partial charge in [0.2, 0.25) is 10.0 Å². The van der Waals surface area contributed by atoms with Crippen molar-refractivity contribution in [2.45, 2.75) is 13.5 Å². The smallest absolute Gasteiger partial charge is 0.284 e. The van der Waals surface area contributed by atoms with Crippen molar-refractivity contribution in [3.8, 4) is 6.07 Å². The highest BCUT2D eigenvalue weighted by atomic mass is 35.5. The van der Waals surface area contributed by atoms with Crippen LogP contribution in [0.4, 0.5) is 15.2 Å². The fraction of sp³-hybridized carbons (Fsp3) is 0.150. The Morgan fingerprint density at radius 2 is 1.97 bits per heavy atom. The third-order valence-electron chi connectivity index (χ3n) is 4.15. The van der Waals surface area contributed by atoms with Crippen LogP contribution in [0.3, 0.4) is 0 Å². The molecule has 3 aromatic rings. The number of nitriles is 1. The average Bonchev–Trinajstić information content (AvgIpc) is 3.09. The Hall–Kier alpha value is -3.00. The van der Waals surface area contributed by atoms with Gasteiger partial charge in [0.1, 0.15) is 11.5 Å². The second-order valence-corrected chi connectivity index (χ2v) is 9.92. The summed E-state index contributed by atoms with van der Waals surface area (Å²) in [6.07, 6.45) is 0.877. The van der Waals surface area contributed by atoms with E-state index in [1.54, 1.807) is 36.1 Å². The lowest BCUT2D eigenvalue weighted by Gasteiger charge is -2.23. The lowest BCUT2D eigenvalue weighted by molar-refractivity contribution is 0.0977. The Kier molecular flexibility index (Phi) is 6.59.